The van der Waals surface area contributed by atoms with Gasteiger partial charge < -0.3 is 14.6 Å². The average Bonchev–Trinajstić information content (AvgIpc) is 3.07. The summed E-state index contributed by atoms with van der Waals surface area (Å²) in [5, 5.41) is 4.15. The molecule has 0 atom stereocenters. The molecule has 1 heterocycles. The molecular weight excluding hydrogens is 312 g/mol. The van der Waals surface area contributed by atoms with Crippen LogP contribution < -0.4 is 10.1 Å². The van der Waals surface area contributed by atoms with Crippen LogP contribution in [0.1, 0.15) is 18.9 Å². The second-order valence-corrected chi connectivity index (χ2v) is 6.06. The third kappa shape index (κ3) is 4.63. The summed E-state index contributed by atoms with van der Waals surface area (Å²) >= 11 is 0. The second-order valence-electron chi connectivity index (χ2n) is 6.06. The Morgan fingerprint density at radius 3 is 2.68 bits per heavy atom. The van der Waals surface area contributed by atoms with Crippen LogP contribution >= 0.6 is 0 Å². The summed E-state index contributed by atoms with van der Waals surface area (Å²) in [6.07, 6.45) is 3.97. The highest BCUT2D eigenvalue weighted by atomic mass is 16.5. The van der Waals surface area contributed by atoms with Gasteiger partial charge in [-0.1, -0.05) is 37.3 Å². The number of hydrogen-bond acceptors (Lipinski definition) is 2. The van der Waals surface area contributed by atoms with Gasteiger partial charge in [0.05, 0.1) is 0 Å². The van der Waals surface area contributed by atoms with Crippen molar-refractivity contribution >= 4 is 16.8 Å². The fraction of sp³-hybridized carbons (Fsp3) is 0.286. The first-order valence-electron chi connectivity index (χ1n) is 8.78. The van der Waals surface area contributed by atoms with Crippen LogP contribution in [0.4, 0.5) is 0 Å². The molecular formula is C21H24N2O2. The predicted molar refractivity (Wildman–Crippen MR) is 101 cm³/mol. The molecule has 0 saturated heterocycles. The number of nitrogens with one attached hydrogen (secondary N) is 1. The number of aryl methyl sites for hydroxylation is 2. The summed E-state index contributed by atoms with van der Waals surface area (Å²) < 4.78 is 7.73. The number of nitrogens with zero attached hydrogens (tertiary/aromatic N) is 1. The smallest absolute Gasteiger partial charge is 0.257 e. The van der Waals surface area contributed by atoms with Gasteiger partial charge in [0.25, 0.3) is 5.91 Å². The van der Waals surface area contributed by atoms with Crippen LogP contribution in [-0.2, 0) is 17.8 Å². The number of hydrogen-bond donors (Lipinski definition) is 1. The van der Waals surface area contributed by atoms with Gasteiger partial charge in [0, 0.05) is 24.8 Å². The quantitative estimate of drug-likeness (QED) is 0.636. The molecule has 25 heavy (non-hydrogen) atoms. The molecule has 0 radical (unpaired) electrons. The lowest BCUT2D eigenvalue weighted by atomic mass is 10.2. The summed E-state index contributed by atoms with van der Waals surface area (Å²) in [4.78, 5) is 11.9. The lowest BCUT2D eigenvalue weighted by Crippen LogP contribution is -2.30. The van der Waals surface area contributed by atoms with Crippen molar-refractivity contribution < 1.29 is 9.53 Å². The van der Waals surface area contributed by atoms with E-state index in [1.165, 1.54) is 16.5 Å². The Morgan fingerprint density at radius 2 is 1.88 bits per heavy atom. The van der Waals surface area contributed by atoms with E-state index in [1.807, 2.05) is 36.4 Å². The Labute approximate surface area is 148 Å². The fourth-order valence-electron chi connectivity index (χ4n) is 2.83. The number of carbonyl (C=O) groups excluding carboxylic acids is 1. The molecule has 0 aliphatic carbocycles. The van der Waals surface area contributed by atoms with Crippen molar-refractivity contribution in [3.05, 3.63) is 66.4 Å². The molecule has 0 saturated carbocycles. The summed E-state index contributed by atoms with van der Waals surface area (Å²) in [6.45, 7) is 3.69. The van der Waals surface area contributed by atoms with E-state index < -0.39 is 0 Å². The molecule has 0 unspecified atom stereocenters. The Hall–Kier alpha value is -2.75. The highest BCUT2D eigenvalue weighted by Gasteiger charge is 2.03. The molecule has 2 aromatic carbocycles. The van der Waals surface area contributed by atoms with Crippen molar-refractivity contribution in [3.8, 4) is 5.75 Å². The Morgan fingerprint density at radius 1 is 1.08 bits per heavy atom. The number of carbonyl (C=O) groups is 1. The van der Waals surface area contributed by atoms with E-state index in [9.17, 15) is 4.79 Å². The van der Waals surface area contributed by atoms with E-state index in [-0.39, 0.29) is 12.5 Å². The minimum absolute atomic E-state index is 0.0535. The second kappa shape index (κ2) is 8.38. The molecule has 0 aliphatic heterocycles. The van der Waals surface area contributed by atoms with Crippen LogP contribution in [-0.4, -0.2) is 23.6 Å². The molecule has 0 aliphatic rings. The SMILES string of the molecule is CCc1ccc(OCC(=O)NCCCn2ccc3ccccc32)cc1. The van der Waals surface area contributed by atoms with Crippen molar-refractivity contribution in [1.29, 1.82) is 0 Å². The normalized spacial score (nSPS) is 10.8. The van der Waals surface area contributed by atoms with Crippen LogP contribution in [0.5, 0.6) is 5.75 Å². The third-order valence-corrected chi connectivity index (χ3v) is 4.28. The van der Waals surface area contributed by atoms with Gasteiger partial charge in [-0.3, -0.25) is 4.79 Å². The van der Waals surface area contributed by atoms with Crippen molar-refractivity contribution in [2.75, 3.05) is 13.2 Å². The van der Waals surface area contributed by atoms with Gasteiger partial charge in [0.2, 0.25) is 0 Å². The maximum Gasteiger partial charge on any atom is 0.257 e. The van der Waals surface area contributed by atoms with Crippen LogP contribution in [0, 0.1) is 0 Å². The third-order valence-electron chi connectivity index (χ3n) is 4.28. The first-order valence-corrected chi connectivity index (χ1v) is 8.78. The molecule has 1 aromatic heterocycles. The average molecular weight is 336 g/mol. The minimum atomic E-state index is -0.0862. The van der Waals surface area contributed by atoms with E-state index in [0.717, 1.165) is 25.1 Å². The number of para-hydroxylation sites is 1. The number of aromatic nitrogens is 1. The van der Waals surface area contributed by atoms with Gasteiger partial charge in [0.1, 0.15) is 5.75 Å². The maximum atomic E-state index is 11.9. The minimum Gasteiger partial charge on any atom is -0.484 e. The van der Waals surface area contributed by atoms with Gasteiger partial charge >= 0.3 is 0 Å². The highest BCUT2D eigenvalue weighted by Crippen LogP contribution is 2.15. The molecule has 4 nitrogen and oxygen atoms in total. The van der Waals surface area contributed by atoms with Crippen molar-refractivity contribution in [3.63, 3.8) is 0 Å². The van der Waals surface area contributed by atoms with Crippen molar-refractivity contribution in [2.24, 2.45) is 0 Å². The molecule has 0 fully saturated rings. The van der Waals surface area contributed by atoms with Crippen LogP contribution in [0.15, 0.2) is 60.8 Å². The molecule has 0 spiro atoms. The molecule has 0 bridgehead atoms. The number of fused-ring (bicyclic) bond motifs is 1. The number of rotatable bonds is 8. The molecule has 3 aromatic rings. The lowest BCUT2D eigenvalue weighted by Gasteiger charge is -2.09. The summed E-state index contributed by atoms with van der Waals surface area (Å²) in [5.41, 5.74) is 2.49. The maximum absolute atomic E-state index is 11.9. The van der Waals surface area contributed by atoms with E-state index in [1.54, 1.807) is 0 Å². The zero-order chi connectivity index (χ0) is 17.5. The largest absolute Gasteiger partial charge is 0.484 e. The topological polar surface area (TPSA) is 43.3 Å². The number of ether oxygens (including phenoxy) is 1. The zero-order valence-electron chi connectivity index (χ0n) is 14.6. The fourth-order valence-corrected chi connectivity index (χ4v) is 2.83. The van der Waals surface area contributed by atoms with Gasteiger partial charge in [-0.25, -0.2) is 0 Å². The van der Waals surface area contributed by atoms with Gasteiger partial charge in [-0.05, 0) is 48.1 Å². The lowest BCUT2D eigenvalue weighted by molar-refractivity contribution is -0.123. The first-order chi connectivity index (χ1) is 12.3. The summed E-state index contributed by atoms with van der Waals surface area (Å²) in [7, 11) is 0. The van der Waals surface area contributed by atoms with Crippen molar-refractivity contribution in [1.82, 2.24) is 9.88 Å². The van der Waals surface area contributed by atoms with Gasteiger partial charge in [0.15, 0.2) is 6.61 Å². The van der Waals surface area contributed by atoms with Crippen LogP contribution in [0.3, 0.4) is 0 Å². The van der Waals surface area contributed by atoms with E-state index in [2.05, 4.69) is 41.2 Å². The zero-order valence-corrected chi connectivity index (χ0v) is 14.6. The van der Waals surface area contributed by atoms with E-state index in [0.29, 0.717) is 6.54 Å². The van der Waals surface area contributed by atoms with E-state index in [4.69, 9.17) is 4.74 Å². The Bertz CT molecular complexity index is 821. The monoisotopic (exact) mass is 336 g/mol. The Kier molecular flexibility index (Phi) is 5.73. The molecule has 130 valence electrons. The van der Waals surface area contributed by atoms with Crippen LogP contribution in [0.25, 0.3) is 10.9 Å². The van der Waals surface area contributed by atoms with Crippen molar-refractivity contribution in [2.45, 2.75) is 26.3 Å². The predicted octanol–water partition coefficient (Wildman–Crippen LogP) is 3.79. The standard InChI is InChI=1S/C21H24N2O2/c1-2-17-8-10-19(11-9-17)25-16-21(24)22-13-5-14-23-15-12-18-6-3-4-7-20(18)23/h3-4,6-12,15H,2,5,13-14,16H2,1H3,(H,22,24). The molecule has 4 heteroatoms. The number of amides is 1. The van der Waals surface area contributed by atoms with Crippen LogP contribution in [0.2, 0.25) is 0 Å². The Balaban J connectivity index is 1.37. The number of benzene rings is 2. The van der Waals surface area contributed by atoms with E-state index >= 15 is 0 Å². The van der Waals surface area contributed by atoms with Gasteiger partial charge in [-0.2, -0.15) is 0 Å². The molecule has 1 amide bonds. The summed E-state index contributed by atoms with van der Waals surface area (Å²) in [6, 6.07) is 18.3. The summed E-state index contributed by atoms with van der Waals surface area (Å²) in [5.74, 6) is 0.642. The van der Waals surface area contributed by atoms with Gasteiger partial charge in [-0.15, -0.1) is 0 Å². The molecule has 3 rings (SSSR count). The first kappa shape index (κ1) is 17.1. The molecule has 1 N–H and O–H groups in total. The highest BCUT2D eigenvalue weighted by molar-refractivity contribution is 5.80.